The molecule has 2 aromatic carbocycles. The summed E-state index contributed by atoms with van der Waals surface area (Å²) in [6.45, 7) is 11.2. The van der Waals surface area contributed by atoms with Crippen LogP contribution in [0.3, 0.4) is 0 Å². The van der Waals surface area contributed by atoms with Gasteiger partial charge < -0.3 is 19.1 Å². The first-order chi connectivity index (χ1) is 17.9. The lowest BCUT2D eigenvalue weighted by atomic mass is 9.78. The Kier molecular flexibility index (Phi) is 7.08. The van der Waals surface area contributed by atoms with Gasteiger partial charge in [-0.1, -0.05) is 45.0 Å². The SMILES string of the molecule is C#CCC(C)COc1ccc(C(C)(C)c2ccc(OCc3ccnc(N4CC5(COC5)C4)n3)cc2)cc1. The minimum absolute atomic E-state index is 0.157. The van der Waals surface area contributed by atoms with Crippen molar-refractivity contribution < 1.29 is 14.2 Å². The number of ether oxygens (including phenoxy) is 3. The zero-order valence-electron chi connectivity index (χ0n) is 21.9. The number of nitrogens with zero attached hydrogens (tertiary/aromatic N) is 3. The summed E-state index contributed by atoms with van der Waals surface area (Å²) in [6, 6.07) is 18.6. The summed E-state index contributed by atoms with van der Waals surface area (Å²) in [6.07, 6.45) is 7.92. The quantitative estimate of drug-likeness (QED) is 0.356. The van der Waals surface area contributed by atoms with Gasteiger partial charge in [-0.25, -0.2) is 9.97 Å². The lowest BCUT2D eigenvalue weighted by Crippen LogP contribution is -2.66. The molecule has 6 heteroatoms. The molecule has 3 heterocycles. The van der Waals surface area contributed by atoms with E-state index in [2.05, 4.69) is 60.8 Å². The maximum Gasteiger partial charge on any atom is 0.225 e. The highest BCUT2D eigenvalue weighted by atomic mass is 16.5. The van der Waals surface area contributed by atoms with E-state index in [1.165, 1.54) is 11.1 Å². The van der Waals surface area contributed by atoms with Crippen LogP contribution < -0.4 is 14.4 Å². The molecule has 192 valence electrons. The van der Waals surface area contributed by atoms with Gasteiger partial charge in [-0.3, -0.25) is 0 Å². The Morgan fingerprint density at radius 2 is 1.62 bits per heavy atom. The highest BCUT2D eigenvalue weighted by Gasteiger charge is 2.49. The predicted octanol–water partition coefficient (Wildman–Crippen LogP) is 5.26. The molecule has 2 aliphatic rings. The van der Waals surface area contributed by atoms with Crippen molar-refractivity contribution in [2.45, 2.75) is 39.2 Å². The Bertz CT molecular complexity index is 1240. The van der Waals surface area contributed by atoms with Gasteiger partial charge >= 0.3 is 0 Å². The Balaban J connectivity index is 1.16. The molecule has 1 spiro atoms. The van der Waals surface area contributed by atoms with Crippen LogP contribution >= 0.6 is 0 Å². The smallest absolute Gasteiger partial charge is 0.225 e. The van der Waals surface area contributed by atoms with E-state index in [-0.39, 0.29) is 5.41 Å². The van der Waals surface area contributed by atoms with Crippen LogP contribution in [0.2, 0.25) is 0 Å². The lowest BCUT2D eigenvalue weighted by molar-refractivity contribution is -0.127. The van der Waals surface area contributed by atoms with E-state index in [1.807, 2.05) is 36.5 Å². The van der Waals surface area contributed by atoms with E-state index in [0.717, 1.165) is 55.9 Å². The molecule has 0 saturated carbocycles. The van der Waals surface area contributed by atoms with Crippen LogP contribution in [-0.2, 0) is 16.8 Å². The average Bonchev–Trinajstić information content (AvgIpc) is 2.86. The first kappa shape index (κ1) is 25.1. The van der Waals surface area contributed by atoms with Crippen LogP contribution in [0, 0.1) is 23.7 Å². The molecule has 1 aromatic heterocycles. The van der Waals surface area contributed by atoms with E-state index in [1.54, 1.807) is 0 Å². The topological polar surface area (TPSA) is 56.7 Å². The molecule has 0 aliphatic carbocycles. The summed E-state index contributed by atoms with van der Waals surface area (Å²) in [7, 11) is 0. The molecule has 2 saturated heterocycles. The van der Waals surface area contributed by atoms with Gasteiger partial charge in [0.15, 0.2) is 0 Å². The number of terminal acetylenes is 1. The molecule has 5 rings (SSSR count). The van der Waals surface area contributed by atoms with Gasteiger partial charge in [0.05, 0.1) is 30.9 Å². The number of hydrogen-bond acceptors (Lipinski definition) is 6. The van der Waals surface area contributed by atoms with Crippen molar-refractivity contribution in [1.82, 2.24) is 9.97 Å². The van der Waals surface area contributed by atoms with Crippen molar-refractivity contribution in [3.63, 3.8) is 0 Å². The van der Waals surface area contributed by atoms with Gasteiger partial charge in [-0.05, 0) is 41.5 Å². The first-order valence-electron chi connectivity index (χ1n) is 12.9. The molecular formula is C31H35N3O3. The average molecular weight is 498 g/mol. The minimum Gasteiger partial charge on any atom is -0.493 e. The van der Waals surface area contributed by atoms with Crippen molar-refractivity contribution in [1.29, 1.82) is 0 Å². The summed E-state index contributed by atoms with van der Waals surface area (Å²) >= 11 is 0. The molecule has 0 N–H and O–H groups in total. The fourth-order valence-corrected chi connectivity index (χ4v) is 4.85. The normalized spacial score (nSPS) is 16.9. The van der Waals surface area contributed by atoms with Crippen LogP contribution in [0.15, 0.2) is 60.8 Å². The second kappa shape index (κ2) is 10.4. The van der Waals surface area contributed by atoms with Crippen LogP contribution in [0.1, 0.15) is 44.0 Å². The summed E-state index contributed by atoms with van der Waals surface area (Å²) < 4.78 is 17.3. The molecule has 0 bridgehead atoms. The van der Waals surface area contributed by atoms with Crippen LogP contribution in [0.4, 0.5) is 5.95 Å². The largest absolute Gasteiger partial charge is 0.493 e. The number of rotatable bonds is 10. The number of anilines is 1. The molecule has 2 aliphatic heterocycles. The van der Waals surface area contributed by atoms with E-state index in [4.69, 9.17) is 25.6 Å². The maximum atomic E-state index is 6.05. The molecule has 6 nitrogen and oxygen atoms in total. The van der Waals surface area contributed by atoms with Crippen molar-refractivity contribution in [2.24, 2.45) is 11.3 Å². The van der Waals surface area contributed by atoms with E-state index < -0.39 is 0 Å². The third-order valence-electron chi connectivity index (χ3n) is 7.39. The first-order valence-corrected chi connectivity index (χ1v) is 12.9. The second-order valence-electron chi connectivity index (χ2n) is 11.0. The van der Waals surface area contributed by atoms with Crippen molar-refractivity contribution in [3.8, 4) is 23.8 Å². The molecular weight excluding hydrogens is 462 g/mol. The third kappa shape index (κ3) is 5.57. The fraction of sp³-hybridized carbons (Fsp3) is 0.419. The number of benzene rings is 2. The third-order valence-corrected chi connectivity index (χ3v) is 7.39. The van der Waals surface area contributed by atoms with Gasteiger partial charge in [-0.2, -0.15) is 0 Å². The minimum atomic E-state index is -0.157. The van der Waals surface area contributed by atoms with Crippen molar-refractivity contribution >= 4 is 5.95 Å². The van der Waals surface area contributed by atoms with Crippen LogP contribution in [0.5, 0.6) is 11.5 Å². The number of hydrogen-bond donors (Lipinski definition) is 0. The molecule has 0 radical (unpaired) electrons. The van der Waals surface area contributed by atoms with E-state index in [0.29, 0.717) is 24.5 Å². The fourth-order valence-electron chi connectivity index (χ4n) is 4.85. The summed E-state index contributed by atoms with van der Waals surface area (Å²) in [5.41, 5.74) is 3.49. The molecule has 0 amide bonds. The molecule has 1 atom stereocenters. The van der Waals surface area contributed by atoms with Gasteiger partial charge in [0.25, 0.3) is 0 Å². The van der Waals surface area contributed by atoms with Gasteiger partial charge in [0, 0.05) is 37.0 Å². The molecule has 1 unspecified atom stereocenters. The zero-order valence-corrected chi connectivity index (χ0v) is 21.9. The standard InChI is InChI=1S/C31H35N3O3/c1-5-6-23(2)17-36-27-11-7-24(8-12-27)30(3,4)25-9-13-28(14-10-25)37-18-26-15-16-32-29(33-26)34-19-31(20-34)21-35-22-31/h1,7-16,23H,6,17-22H2,2-4H3. The Labute approximate surface area is 220 Å². The highest BCUT2D eigenvalue weighted by Crippen LogP contribution is 2.39. The molecule has 37 heavy (non-hydrogen) atoms. The number of aromatic nitrogens is 2. The summed E-state index contributed by atoms with van der Waals surface area (Å²) in [5, 5.41) is 0. The molecule has 2 fully saturated rings. The Hall–Kier alpha value is -3.56. The Morgan fingerprint density at radius 1 is 1.00 bits per heavy atom. The molecule has 3 aromatic rings. The Morgan fingerprint density at radius 3 is 2.19 bits per heavy atom. The van der Waals surface area contributed by atoms with Gasteiger partial charge in [0.2, 0.25) is 5.95 Å². The highest BCUT2D eigenvalue weighted by molar-refractivity contribution is 5.42. The van der Waals surface area contributed by atoms with E-state index >= 15 is 0 Å². The maximum absolute atomic E-state index is 6.05. The van der Waals surface area contributed by atoms with Gasteiger partial charge in [0.1, 0.15) is 18.1 Å². The predicted molar refractivity (Wildman–Crippen MR) is 145 cm³/mol. The van der Waals surface area contributed by atoms with Crippen molar-refractivity contribution in [3.05, 3.63) is 77.6 Å². The second-order valence-corrected chi connectivity index (χ2v) is 11.0. The lowest BCUT2D eigenvalue weighted by Gasteiger charge is -2.54. The summed E-state index contributed by atoms with van der Waals surface area (Å²) in [5.74, 6) is 5.49. The van der Waals surface area contributed by atoms with E-state index in [9.17, 15) is 0 Å². The summed E-state index contributed by atoms with van der Waals surface area (Å²) in [4.78, 5) is 11.4. The van der Waals surface area contributed by atoms with Gasteiger partial charge in [-0.15, -0.1) is 12.3 Å². The van der Waals surface area contributed by atoms with Crippen LogP contribution in [-0.4, -0.2) is 42.9 Å². The monoisotopic (exact) mass is 497 g/mol. The zero-order chi connectivity index (χ0) is 25.9. The van der Waals surface area contributed by atoms with Crippen LogP contribution in [0.25, 0.3) is 0 Å². The van der Waals surface area contributed by atoms with Crippen molar-refractivity contribution in [2.75, 3.05) is 37.8 Å².